The number of likely N-dealkylation sites (N-methyl/N-ethyl adjacent to an activating group) is 1. The van der Waals surface area contributed by atoms with Gasteiger partial charge in [0.1, 0.15) is 5.75 Å². The van der Waals surface area contributed by atoms with Crippen molar-refractivity contribution in [2.45, 2.75) is 6.54 Å². The van der Waals surface area contributed by atoms with E-state index in [-0.39, 0.29) is 0 Å². The lowest BCUT2D eigenvalue weighted by Crippen LogP contribution is -2.19. The number of pyridine rings is 1. The van der Waals surface area contributed by atoms with E-state index in [1.165, 1.54) is 0 Å². The van der Waals surface area contributed by atoms with E-state index < -0.39 is 0 Å². The number of benzene rings is 1. The van der Waals surface area contributed by atoms with Gasteiger partial charge in [-0.2, -0.15) is 5.10 Å². The first-order valence-electron chi connectivity index (χ1n) is 6.74. The van der Waals surface area contributed by atoms with Crippen LogP contribution in [-0.2, 0) is 6.54 Å². The number of rotatable bonds is 4. The molecule has 2 aromatic heterocycles. The summed E-state index contributed by atoms with van der Waals surface area (Å²) in [6.45, 7) is 1.63. The fourth-order valence-electron chi connectivity index (χ4n) is 2.27. The van der Waals surface area contributed by atoms with Crippen molar-refractivity contribution in [1.82, 2.24) is 19.7 Å². The maximum Gasteiger partial charge on any atom is 0.160 e. The van der Waals surface area contributed by atoms with Crippen LogP contribution in [0.2, 0.25) is 5.15 Å². The second kappa shape index (κ2) is 5.50. The van der Waals surface area contributed by atoms with Gasteiger partial charge in [0.2, 0.25) is 0 Å². The molecule has 0 radical (unpaired) electrons. The van der Waals surface area contributed by atoms with Crippen molar-refractivity contribution in [3.05, 3.63) is 29.4 Å². The minimum atomic E-state index is 0.494. The lowest BCUT2D eigenvalue weighted by molar-refractivity contribution is 0.376. The number of methoxy groups -OCH3 is 1. The number of fused-ring (bicyclic) bond motifs is 2. The zero-order chi connectivity index (χ0) is 15.0. The highest BCUT2D eigenvalue weighted by Gasteiger charge is 2.12. The molecule has 0 unspecified atom stereocenters. The van der Waals surface area contributed by atoms with E-state index in [1.807, 2.05) is 43.0 Å². The summed E-state index contributed by atoms with van der Waals surface area (Å²) in [5, 5.41) is 6.79. The Hall–Kier alpha value is -1.85. The van der Waals surface area contributed by atoms with Crippen molar-refractivity contribution in [2.24, 2.45) is 0 Å². The van der Waals surface area contributed by atoms with E-state index in [0.29, 0.717) is 5.15 Å². The van der Waals surface area contributed by atoms with Crippen molar-refractivity contribution in [1.29, 1.82) is 0 Å². The molecule has 6 heteroatoms. The second-order valence-electron chi connectivity index (χ2n) is 5.24. The van der Waals surface area contributed by atoms with Crippen LogP contribution in [0.4, 0.5) is 0 Å². The minimum absolute atomic E-state index is 0.494. The van der Waals surface area contributed by atoms with Crippen LogP contribution in [-0.4, -0.2) is 47.4 Å². The van der Waals surface area contributed by atoms with Gasteiger partial charge in [-0.05, 0) is 32.3 Å². The third-order valence-electron chi connectivity index (χ3n) is 3.44. The summed E-state index contributed by atoms with van der Waals surface area (Å²) in [6.07, 6.45) is 0. The molecular formula is C15H17ClN4O. The monoisotopic (exact) mass is 304 g/mol. The summed E-state index contributed by atoms with van der Waals surface area (Å²) in [5.41, 5.74) is 1.69. The fourth-order valence-corrected chi connectivity index (χ4v) is 2.50. The molecule has 110 valence electrons. The molecule has 0 fully saturated rings. The molecule has 0 amide bonds. The average molecular weight is 305 g/mol. The fraction of sp³-hybridized carbons (Fsp3) is 0.333. The van der Waals surface area contributed by atoms with E-state index >= 15 is 0 Å². The maximum atomic E-state index is 6.24. The molecule has 21 heavy (non-hydrogen) atoms. The van der Waals surface area contributed by atoms with Crippen LogP contribution in [0.3, 0.4) is 0 Å². The first-order chi connectivity index (χ1) is 10.1. The molecule has 3 aromatic rings. The average Bonchev–Trinajstić information content (AvgIpc) is 2.78. The SMILES string of the molecule is COc1ccc2cc3c(Cl)nn(CCN(C)C)c3nc2c1. The van der Waals surface area contributed by atoms with E-state index in [2.05, 4.69) is 10.00 Å². The van der Waals surface area contributed by atoms with E-state index in [9.17, 15) is 0 Å². The largest absolute Gasteiger partial charge is 0.497 e. The molecule has 2 heterocycles. The van der Waals surface area contributed by atoms with Gasteiger partial charge in [0.15, 0.2) is 10.8 Å². The Kier molecular flexibility index (Phi) is 3.69. The van der Waals surface area contributed by atoms with Gasteiger partial charge in [0.05, 0.1) is 24.6 Å². The van der Waals surface area contributed by atoms with Crippen LogP contribution >= 0.6 is 11.6 Å². The van der Waals surface area contributed by atoms with Crippen molar-refractivity contribution in [2.75, 3.05) is 27.7 Å². The van der Waals surface area contributed by atoms with Gasteiger partial charge in [0.25, 0.3) is 0 Å². The van der Waals surface area contributed by atoms with Gasteiger partial charge in [0, 0.05) is 18.0 Å². The molecule has 0 saturated carbocycles. The molecule has 1 aromatic carbocycles. The number of hydrogen-bond acceptors (Lipinski definition) is 4. The van der Waals surface area contributed by atoms with Crippen molar-refractivity contribution in [3.8, 4) is 5.75 Å². The van der Waals surface area contributed by atoms with Gasteiger partial charge in [-0.15, -0.1) is 0 Å². The zero-order valence-corrected chi connectivity index (χ0v) is 13.1. The Balaban J connectivity index is 2.15. The molecule has 0 N–H and O–H groups in total. The van der Waals surface area contributed by atoms with Gasteiger partial charge in [-0.25, -0.2) is 9.67 Å². The van der Waals surface area contributed by atoms with Crippen LogP contribution in [0.25, 0.3) is 21.9 Å². The highest BCUT2D eigenvalue weighted by atomic mass is 35.5. The van der Waals surface area contributed by atoms with Crippen LogP contribution in [0.5, 0.6) is 5.75 Å². The Morgan fingerprint density at radius 1 is 1.29 bits per heavy atom. The third kappa shape index (κ3) is 2.66. The zero-order valence-electron chi connectivity index (χ0n) is 12.3. The number of aromatic nitrogens is 3. The molecule has 0 aliphatic heterocycles. The Bertz CT molecular complexity index is 797. The Morgan fingerprint density at radius 3 is 2.81 bits per heavy atom. The summed E-state index contributed by atoms with van der Waals surface area (Å²) in [5.74, 6) is 0.791. The standard InChI is InChI=1S/C15H17ClN4O/c1-19(2)6-7-20-15-12(14(16)18-20)8-10-4-5-11(21-3)9-13(10)17-15/h4-5,8-9H,6-7H2,1-3H3. The van der Waals surface area contributed by atoms with Crippen LogP contribution < -0.4 is 4.74 Å². The van der Waals surface area contributed by atoms with Crippen LogP contribution in [0, 0.1) is 0 Å². The second-order valence-corrected chi connectivity index (χ2v) is 5.59. The van der Waals surface area contributed by atoms with Crippen molar-refractivity contribution >= 4 is 33.5 Å². The van der Waals surface area contributed by atoms with Crippen molar-refractivity contribution < 1.29 is 4.74 Å². The molecule has 0 atom stereocenters. The molecule has 5 nitrogen and oxygen atoms in total. The van der Waals surface area contributed by atoms with Gasteiger partial charge in [-0.1, -0.05) is 11.6 Å². The summed E-state index contributed by atoms with van der Waals surface area (Å²) in [7, 11) is 5.71. The number of halogens is 1. The van der Waals surface area contributed by atoms with Gasteiger partial charge >= 0.3 is 0 Å². The van der Waals surface area contributed by atoms with E-state index in [4.69, 9.17) is 21.3 Å². The first-order valence-corrected chi connectivity index (χ1v) is 7.12. The third-order valence-corrected chi connectivity index (χ3v) is 3.72. The van der Waals surface area contributed by atoms with Crippen LogP contribution in [0.15, 0.2) is 24.3 Å². The molecule has 0 spiro atoms. The van der Waals surface area contributed by atoms with Crippen LogP contribution in [0.1, 0.15) is 0 Å². The van der Waals surface area contributed by atoms with Gasteiger partial charge in [-0.3, -0.25) is 0 Å². The summed E-state index contributed by atoms with van der Waals surface area (Å²) in [6, 6.07) is 7.85. The number of hydrogen-bond donors (Lipinski definition) is 0. The molecule has 0 bridgehead atoms. The maximum absolute atomic E-state index is 6.24. The summed E-state index contributed by atoms with van der Waals surface area (Å²) >= 11 is 6.24. The molecule has 0 aliphatic carbocycles. The Morgan fingerprint density at radius 2 is 2.10 bits per heavy atom. The molecule has 0 aliphatic rings. The Labute approximate surface area is 128 Å². The summed E-state index contributed by atoms with van der Waals surface area (Å²) < 4.78 is 7.11. The summed E-state index contributed by atoms with van der Waals surface area (Å²) in [4.78, 5) is 6.81. The molecular weight excluding hydrogens is 288 g/mol. The number of nitrogens with zero attached hydrogens (tertiary/aromatic N) is 4. The normalized spacial score (nSPS) is 11.7. The van der Waals surface area contributed by atoms with E-state index in [0.717, 1.165) is 40.8 Å². The molecule has 3 rings (SSSR count). The van der Waals surface area contributed by atoms with E-state index in [1.54, 1.807) is 7.11 Å². The minimum Gasteiger partial charge on any atom is -0.497 e. The quantitative estimate of drug-likeness (QED) is 0.743. The lowest BCUT2D eigenvalue weighted by Gasteiger charge is -2.09. The smallest absolute Gasteiger partial charge is 0.160 e. The molecule has 0 saturated heterocycles. The predicted molar refractivity (Wildman–Crippen MR) is 85.2 cm³/mol. The predicted octanol–water partition coefficient (Wildman–Crippen LogP) is 2.81. The van der Waals surface area contributed by atoms with Gasteiger partial charge < -0.3 is 9.64 Å². The first kappa shape index (κ1) is 14.1. The lowest BCUT2D eigenvalue weighted by atomic mass is 10.2. The topological polar surface area (TPSA) is 43.2 Å². The van der Waals surface area contributed by atoms with Crippen molar-refractivity contribution in [3.63, 3.8) is 0 Å². The highest BCUT2D eigenvalue weighted by molar-refractivity contribution is 6.34. The number of ether oxygens (including phenoxy) is 1. The highest BCUT2D eigenvalue weighted by Crippen LogP contribution is 2.27.